The Morgan fingerprint density at radius 3 is 2.24 bits per heavy atom. The molecule has 0 saturated heterocycles. The lowest BCUT2D eigenvalue weighted by molar-refractivity contribution is -0.137. The lowest BCUT2D eigenvalue weighted by Gasteiger charge is -2.06. The van der Waals surface area contributed by atoms with Gasteiger partial charge in [-0.3, -0.25) is 0 Å². The summed E-state index contributed by atoms with van der Waals surface area (Å²) >= 11 is 13.9. The Hall–Kier alpha value is -2.35. The van der Waals surface area contributed by atoms with Gasteiger partial charge in [0.05, 0.1) is 26.9 Å². The quantitative estimate of drug-likeness (QED) is 0.317. The van der Waals surface area contributed by atoms with Crippen LogP contribution in [-0.4, -0.2) is 10.1 Å². The van der Waals surface area contributed by atoms with Gasteiger partial charge in [0.15, 0.2) is 0 Å². The maximum atomic E-state index is 12.8. The van der Waals surface area contributed by atoms with Gasteiger partial charge in [0.25, 0.3) is 0 Å². The van der Waals surface area contributed by atoms with Crippen LogP contribution in [0.15, 0.2) is 52.4 Å². The third kappa shape index (κ3) is 3.77. The highest BCUT2D eigenvalue weighted by Gasteiger charge is 2.30. The highest BCUT2D eigenvalue weighted by atomic mass is 35.5. The molecule has 0 amide bonds. The zero-order valence-corrected chi connectivity index (χ0v) is 17.0. The summed E-state index contributed by atoms with van der Waals surface area (Å²) < 4.78 is 43.7. The van der Waals surface area contributed by atoms with E-state index in [1.54, 1.807) is 30.5 Å². The smallest absolute Gasteiger partial charge is 0.360 e. The number of rotatable bonds is 3. The van der Waals surface area contributed by atoms with Crippen molar-refractivity contribution in [3.8, 4) is 33.1 Å². The Kier molecular flexibility index (Phi) is 5.14. The number of alkyl halides is 3. The van der Waals surface area contributed by atoms with Gasteiger partial charge in [-0.05, 0) is 31.2 Å². The van der Waals surface area contributed by atoms with Crippen molar-refractivity contribution in [2.45, 2.75) is 13.1 Å². The predicted octanol–water partition coefficient (Wildman–Crippen LogP) is 7.77. The lowest BCUT2D eigenvalue weighted by Crippen LogP contribution is -2.03. The largest absolute Gasteiger partial charge is 0.416 e. The van der Waals surface area contributed by atoms with Crippen molar-refractivity contribution in [3.05, 3.63) is 69.2 Å². The number of hydrogen-bond donors (Lipinski definition) is 0. The molecule has 0 bridgehead atoms. The third-order valence-corrected chi connectivity index (χ3v) is 5.80. The molecule has 0 aliphatic carbocycles. The number of nitrogens with zero attached hydrogens (tertiary/aromatic N) is 2. The van der Waals surface area contributed by atoms with E-state index in [9.17, 15) is 13.2 Å². The molecule has 2 aromatic heterocycles. The summed E-state index contributed by atoms with van der Waals surface area (Å²) in [5.74, 6) is 0.528. The number of halogens is 5. The molecule has 3 nitrogen and oxygen atoms in total. The van der Waals surface area contributed by atoms with Gasteiger partial charge in [0, 0.05) is 16.5 Å². The summed E-state index contributed by atoms with van der Waals surface area (Å²) in [4.78, 5) is 4.57. The second-order valence-electron chi connectivity index (χ2n) is 6.17. The Balaban J connectivity index is 1.76. The van der Waals surface area contributed by atoms with E-state index in [-0.39, 0.29) is 0 Å². The van der Waals surface area contributed by atoms with Crippen molar-refractivity contribution in [1.29, 1.82) is 0 Å². The molecule has 0 fully saturated rings. The van der Waals surface area contributed by atoms with E-state index < -0.39 is 11.7 Å². The fourth-order valence-electron chi connectivity index (χ4n) is 2.89. The van der Waals surface area contributed by atoms with Gasteiger partial charge in [-0.25, -0.2) is 4.98 Å². The first-order chi connectivity index (χ1) is 13.8. The molecule has 2 heterocycles. The molecule has 29 heavy (non-hydrogen) atoms. The molecule has 0 aliphatic heterocycles. The van der Waals surface area contributed by atoms with Crippen molar-refractivity contribution in [1.82, 2.24) is 10.1 Å². The third-order valence-electron chi connectivity index (χ3n) is 4.28. The normalized spacial score (nSPS) is 11.8. The van der Waals surface area contributed by atoms with E-state index in [2.05, 4.69) is 10.1 Å². The zero-order chi connectivity index (χ0) is 20.8. The zero-order valence-electron chi connectivity index (χ0n) is 14.7. The number of aromatic nitrogens is 2. The second kappa shape index (κ2) is 7.48. The summed E-state index contributed by atoms with van der Waals surface area (Å²) in [5, 5.41) is 7.31. The number of benzene rings is 2. The maximum Gasteiger partial charge on any atom is 0.416 e. The van der Waals surface area contributed by atoms with E-state index in [0.717, 1.165) is 12.1 Å². The molecule has 0 atom stereocenters. The molecule has 0 unspecified atom stereocenters. The van der Waals surface area contributed by atoms with Gasteiger partial charge in [-0.15, -0.1) is 11.3 Å². The van der Waals surface area contributed by atoms with Crippen LogP contribution in [0.4, 0.5) is 13.2 Å². The topological polar surface area (TPSA) is 38.9 Å². The molecule has 9 heteroatoms. The highest BCUT2D eigenvalue weighted by molar-refractivity contribution is 7.13. The molecular weight excluding hydrogens is 444 g/mol. The Morgan fingerprint density at radius 1 is 0.966 bits per heavy atom. The molecule has 4 aromatic rings. The molecule has 0 spiro atoms. The summed E-state index contributed by atoms with van der Waals surface area (Å²) in [6, 6.07) is 10.0. The summed E-state index contributed by atoms with van der Waals surface area (Å²) in [7, 11) is 0. The van der Waals surface area contributed by atoms with Gasteiger partial charge in [-0.1, -0.05) is 46.6 Å². The molecule has 0 radical (unpaired) electrons. The fraction of sp³-hybridized carbons (Fsp3) is 0.100. The van der Waals surface area contributed by atoms with E-state index in [0.29, 0.717) is 48.9 Å². The van der Waals surface area contributed by atoms with E-state index in [4.69, 9.17) is 27.7 Å². The van der Waals surface area contributed by atoms with Gasteiger partial charge in [0.1, 0.15) is 16.5 Å². The molecule has 2 aromatic carbocycles. The molecule has 148 valence electrons. The van der Waals surface area contributed by atoms with Gasteiger partial charge >= 0.3 is 6.18 Å². The Labute approximate surface area is 177 Å². The monoisotopic (exact) mass is 454 g/mol. The molecule has 4 rings (SSSR count). The average Bonchev–Trinajstić information content (AvgIpc) is 3.28. The maximum absolute atomic E-state index is 12.8. The summed E-state index contributed by atoms with van der Waals surface area (Å²) in [5.41, 5.74) is 2.09. The van der Waals surface area contributed by atoms with Crippen LogP contribution in [-0.2, 0) is 6.18 Å². The molecule has 0 N–H and O–H groups in total. The molecular formula is C20H11Cl2F3N2OS. The predicted molar refractivity (Wildman–Crippen MR) is 108 cm³/mol. The van der Waals surface area contributed by atoms with Crippen LogP contribution in [0, 0.1) is 6.92 Å². The second-order valence-corrected chi connectivity index (χ2v) is 7.84. The first-order valence-electron chi connectivity index (χ1n) is 8.30. The van der Waals surface area contributed by atoms with Crippen LogP contribution in [0.25, 0.3) is 33.1 Å². The van der Waals surface area contributed by atoms with Crippen LogP contribution in [0.1, 0.15) is 11.3 Å². The number of aryl methyl sites for hydroxylation is 1. The van der Waals surface area contributed by atoms with Gasteiger partial charge in [0.2, 0.25) is 0 Å². The van der Waals surface area contributed by atoms with E-state index in [1.807, 2.05) is 0 Å². The van der Waals surface area contributed by atoms with E-state index in [1.165, 1.54) is 23.5 Å². The minimum absolute atomic E-state index is 0.422. The van der Waals surface area contributed by atoms with Crippen LogP contribution < -0.4 is 0 Å². The molecule has 0 saturated carbocycles. The minimum atomic E-state index is -4.38. The van der Waals surface area contributed by atoms with Crippen molar-refractivity contribution in [2.24, 2.45) is 0 Å². The first-order valence-corrected chi connectivity index (χ1v) is 9.93. The van der Waals surface area contributed by atoms with Crippen molar-refractivity contribution >= 4 is 34.5 Å². The van der Waals surface area contributed by atoms with Crippen LogP contribution in [0.5, 0.6) is 0 Å². The minimum Gasteiger partial charge on any atom is -0.360 e. The van der Waals surface area contributed by atoms with Crippen molar-refractivity contribution in [2.75, 3.05) is 0 Å². The molecule has 0 aliphatic rings. The number of hydrogen-bond acceptors (Lipinski definition) is 4. The van der Waals surface area contributed by atoms with Crippen molar-refractivity contribution in [3.63, 3.8) is 0 Å². The van der Waals surface area contributed by atoms with Gasteiger partial charge in [-0.2, -0.15) is 13.2 Å². The standard InChI is InChI=1S/C20H11Cl2F3N2OS/c1-10-16(18(27-28-10)17-13(21)3-2-4-14(17)22)15-9-29-19(26-15)11-5-7-12(8-6-11)20(23,24)25/h2-9H,1H3. The van der Waals surface area contributed by atoms with Crippen LogP contribution in [0.2, 0.25) is 10.0 Å². The Morgan fingerprint density at radius 2 is 1.62 bits per heavy atom. The summed E-state index contributed by atoms with van der Waals surface area (Å²) in [6.07, 6.45) is -4.38. The first kappa shape index (κ1) is 19.9. The lowest BCUT2D eigenvalue weighted by atomic mass is 10.0. The Bertz CT molecular complexity index is 1160. The average molecular weight is 455 g/mol. The fourth-order valence-corrected chi connectivity index (χ4v) is 4.28. The van der Waals surface area contributed by atoms with Crippen molar-refractivity contribution < 1.29 is 17.7 Å². The van der Waals surface area contributed by atoms with Crippen LogP contribution in [0.3, 0.4) is 0 Å². The van der Waals surface area contributed by atoms with E-state index >= 15 is 0 Å². The SMILES string of the molecule is Cc1onc(-c2c(Cl)cccc2Cl)c1-c1csc(-c2ccc(C(F)(F)F)cc2)n1. The highest BCUT2D eigenvalue weighted by Crippen LogP contribution is 2.42. The van der Waals surface area contributed by atoms with Gasteiger partial charge < -0.3 is 4.52 Å². The van der Waals surface area contributed by atoms with Crippen LogP contribution >= 0.6 is 34.5 Å². The number of thiazole rings is 1. The summed E-state index contributed by atoms with van der Waals surface area (Å²) in [6.45, 7) is 1.74.